The quantitative estimate of drug-likeness (QED) is 0.810. The van der Waals surface area contributed by atoms with Crippen molar-refractivity contribution in [1.82, 2.24) is 4.90 Å². The molecule has 108 valence electrons. The molecule has 1 heterocycles. The van der Waals surface area contributed by atoms with Gasteiger partial charge in [0.2, 0.25) is 0 Å². The molecule has 2 N–H and O–H groups in total. The Morgan fingerprint density at radius 1 is 1.40 bits per heavy atom. The SMILES string of the molecule is CCNc1c(Cl)cccc1C(=N)C1=CCCN(CC)C1. The smallest absolute Gasteiger partial charge is 0.0675 e. The molecule has 0 saturated carbocycles. The molecule has 20 heavy (non-hydrogen) atoms. The average molecular weight is 292 g/mol. The van der Waals surface area contributed by atoms with E-state index in [1.807, 2.05) is 25.1 Å². The maximum atomic E-state index is 8.51. The van der Waals surface area contributed by atoms with Crippen LogP contribution in [0.1, 0.15) is 25.8 Å². The van der Waals surface area contributed by atoms with E-state index in [9.17, 15) is 0 Å². The van der Waals surface area contributed by atoms with Crippen molar-refractivity contribution in [2.24, 2.45) is 0 Å². The first-order chi connectivity index (χ1) is 9.67. The van der Waals surface area contributed by atoms with Gasteiger partial charge >= 0.3 is 0 Å². The number of hydrogen-bond acceptors (Lipinski definition) is 3. The number of hydrogen-bond donors (Lipinski definition) is 2. The first-order valence-electron chi connectivity index (χ1n) is 7.20. The summed E-state index contributed by atoms with van der Waals surface area (Å²) in [4.78, 5) is 2.36. The summed E-state index contributed by atoms with van der Waals surface area (Å²) in [7, 11) is 0. The lowest BCUT2D eigenvalue weighted by molar-refractivity contribution is 0.311. The number of benzene rings is 1. The van der Waals surface area contributed by atoms with Crippen LogP contribution in [0.3, 0.4) is 0 Å². The second-order valence-electron chi connectivity index (χ2n) is 4.95. The van der Waals surface area contributed by atoms with E-state index in [4.69, 9.17) is 17.0 Å². The summed E-state index contributed by atoms with van der Waals surface area (Å²) < 4.78 is 0. The summed E-state index contributed by atoms with van der Waals surface area (Å²) >= 11 is 6.26. The molecule has 3 nitrogen and oxygen atoms in total. The molecule has 0 bridgehead atoms. The minimum Gasteiger partial charge on any atom is -0.384 e. The number of halogens is 1. The number of nitrogens with zero attached hydrogens (tertiary/aromatic N) is 1. The van der Waals surface area contributed by atoms with Gasteiger partial charge in [-0.3, -0.25) is 10.3 Å². The van der Waals surface area contributed by atoms with Crippen molar-refractivity contribution < 1.29 is 0 Å². The van der Waals surface area contributed by atoms with E-state index in [0.29, 0.717) is 10.7 Å². The highest BCUT2D eigenvalue weighted by Crippen LogP contribution is 2.28. The Balaban J connectivity index is 2.29. The van der Waals surface area contributed by atoms with Gasteiger partial charge in [0, 0.05) is 25.2 Å². The molecule has 1 aliphatic heterocycles. The van der Waals surface area contributed by atoms with Gasteiger partial charge in [0.05, 0.1) is 16.4 Å². The van der Waals surface area contributed by atoms with Crippen molar-refractivity contribution in [2.75, 3.05) is 31.5 Å². The predicted octanol–water partition coefficient (Wildman–Crippen LogP) is 3.79. The van der Waals surface area contributed by atoms with Crippen LogP contribution in [-0.2, 0) is 0 Å². The molecule has 0 saturated heterocycles. The Bertz CT molecular complexity index is 522. The third-order valence-electron chi connectivity index (χ3n) is 3.63. The largest absolute Gasteiger partial charge is 0.384 e. The van der Waals surface area contributed by atoms with E-state index in [1.165, 1.54) is 0 Å². The van der Waals surface area contributed by atoms with Gasteiger partial charge < -0.3 is 5.32 Å². The van der Waals surface area contributed by atoms with Gasteiger partial charge in [0.1, 0.15) is 0 Å². The van der Waals surface area contributed by atoms with Gasteiger partial charge in [0.25, 0.3) is 0 Å². The Hall–Kier alpha value is -1.32. The van der Waals surface area contributed by atoms with Crippen molar-refractivity contribution in [1.29, 1.82) is 5.41 Å². The Morgan fingerprint density at radius 3 is 2.90 bits per heavy atom. The maximum Gasteiger partial charge on any atom is 0.0675 e. The summed E-state index contributed by atoms with van der Waals surface area (Å²) in [6.45, 7) is 7.96. The summed E-state index contributed by atoms with van der Waals surface area (Å²) in [5, 5.41) is 12.5. The van der Waals surface area contributed by atoms with Gasteiger partial charge in [-0.2, -0.15) is 0 Å². The van der Waals surface area contributed by atoms with Crippen LogP contribution >= 0.6 is 11.6 Å². The van der Waals surface area contributed by atoms with Gasteiger partial charge in [-0.25, -0.2) is 0 Å². The van der Waals surface area contributed by atoms with Crippen molar-refractivity contribution in [3.63, 3.8) is 0 Å². The monoisotopic (exact) mass is 291 g/mol. The lowest BCUT2D eigenvalue weighted by atomic mass is 9.97. The molecule has 0 aromatic heterocycles. The van der Waals surface area contributed by atoms with Crippen LogP contribution in [0.5, 0.6) is 0 Å². The van der Waals surface area contributed by atoms with Crippen molar-refractivity contribution >= 4 is 23.0 Å². The van der Waals surface area contributed by atoms with Crippen LogP contribution in [0.25, 0.3) is 0 Å². The third-order valence-corrected chi connectivity index (χ3v) is 3.95. The molecule has 4 heteroatoms. The molecule has 0 spiro atoms. The first-order valence-corrected chi connectivity index (χ1v) is 7.58. The summed E-state index contributed by atoms with van der Waals surface area (Å²) in [5.74, 6) is 0. The number of nitrogens with one attached hydrogen (secondary N) is 2. The Kier molecular flexibility index (Phi) is 5.21. The second-order valence-corrected chi connectivity index (χ2v) is 5.36. The fourth-order valence-corrected chi connectivity index (χ4v) is 2.76. The Labute approximate surface area is 126 Å². The number of para-hydroxylation sites is 1. The molecule has 2 rings (SSSR count). The van der Waals surface area contributed by atoms with Crippen molar-refractivity contribution in [3.8, 4) is 0 Å². The number of rotatable bonds is 5. The van der Waals surface area contributed by atoms with Crippen LogP contribution in [-0.4, -0.2) is 36.8 Å². The van der Waals surface area contributed by atoms with Gasteiger partial charge in [0.15, 0.2) is 0 Å². The highest BCUT2D eigenvalue weighted by atomic mass is 35.5. The minimum atomic E-state index is 0.585. The van der Waals surface area contributed by atoms with Crippen LogP contribution < -0.4 is 5.32 Å². The van der Waals surface area contributed by atoms with E-state index in [2.05, 4.69) is 23.2 Å². The first kappa shape index (κ1) is 15.1. The van der Waals surface area contributed by atoms with E-state index < -0.39 is 0 Å². The molecular formula is C16H22ClN3. The number of likely N-dealkylation sites (N-methyl/N-ethyl adjacent to an activating group) is 1. The zero-order valence-electron chi connectivity index (χ0n) is 12.2. The van der Waals surface area contributed by atoms with E-state index >= 15 is 0 Å². The highest BCUT2D eigenvalue weighted by Gasteiger charge is 2.18. The van der Waals surface area contributed by atoms with Crippen molar-refractivity contribution in [2.45, 2.75) is 20.3 Å². The zero-order chi connectivity index (χ0) is 14.5. The summed E-state index contributed by atoms with van der Waals surface area (Å²) in [5.41, 5.74) is 3.45. The van der Waals surface area contributed by atoms with E-state index in [0.717, 1.165) is 49.4 Å². The van der Waals surface area contributed by atoms with Crippen LogP contribution in [0, 0.1) is 5.41 Å². The zero-order valence-corrected chi connectivity index (χ0v) is 12.9. The lowest BCUT2D eigenvalue weighted by Gasteiger charge is -2.26. The fourth-order valence-electron chi connectivity index (χ4n) is 2.52. The van der Waals surface area contributed by atoms with Crippen LogP contribution in [0.2, 0.25) is 5.02 Å². The Morgan fingerprint density at radius 2 is 2.20 bits per heavy atom. The minimum absolute atomic E-state index is 0.585. The predicted molar refractivity (Wildman–Crippen MR) is 87.3 cm³/mol. The third kappa shape index (κ3) is 3.22. The average Bonchev–Trinajstić information content (AvgIpc) is 2.49. The van der Waals surface area contributed by atoms with E-state index in [-0.39, 0.29) is 0 Å². The summed E-state index contributed by atoms with van der Waals surface area (Å²) in [6, 6.07) is 5.75. The normalized spacial score (nSPS) is 15.8. The molecule has 0 radical (unpaired) electrons. The standard InChI is InChI=1S/C16H22ClN3/c1-3-19-16-13(8-5-9-14(16)17)15(18)12-7-6-10-20(4-2)11-12/h5,7-9,18-19H,3-4,6,10-11H2,1-2H3. The summed E-state index contributed by atoms with van der Waals surface area (Å²) in [6.07, 6.45) is 3.20. The molecule has 0 aliphatic carbocycles. The molecule has 1 aliphatic rings. The fraction of sp³-hybridized carbons (Fsp3) is 0.438. The van der Waals surface area contributed by atoms with Gasteiger partial charge in [-0.15, -0.1) is 0 Å². The maximum absolute atomic E-state index is 8.51. The molecule has 0 amide bonds. The highest BCUT2D eigenvalue weighted by molar-refractivity contribution is 6.34. The molecular weight excluding hydrogens is 270 g/mol. The topological polar surface area (TPSA) is 39.1 Å². The lowest BCUT2D eigenvalue weighted by Crippen LogP contribution is -2.32. The number of anilines is 1. The second kappa shape index (κ2) is 6.91. The van der Waals surface area contributed by atoms with Crippen LogP contribution in [0.15, 0.2) is 29.8 Å². The van der Waals surface area contributed by atoms with Crippen LogP contribution in [0.4, 0.5) is 5.69 Å². The van der Waals surface area contributed by atoms with E-state index in [1.54, 1.807) is 0 Å². The molecule has 1 aromatic carbocycles. The molecule has 0 unspecified atom stereocenters. The van der Waals surface area contributed by atoms with Gasteiger partial charge in [-0.05, 0) is 31.5 Å². The van der Waals surface area contributed by atoms with Gasteiger partial charge in [-0.1, -0.05) is 36.7 Å². The molecule has 0 fully saturated rings. The van der Waals surface area contributed by atoms with Crippen molar-refractivity contribution in [3.05, 3.63) is 40.4 Å². The molecule has 0 atom stereocenters. The molecule has 1 aromatic rings.